The van der Waals surface area contributed by atoms with Crippen molar-refractivity contribution in [1.29, 1.82) is 0 Å². The van der Waals surface area contributed by atoms with Gasteiger partial charge in [-0.25, -0.2) is 8.42 Å². The second-order valence-electron chi connectivity index (χ2n) is 5.55. The van der Waals surface area contributed by atoms with Crippen LogP contribution in [0.3, 0.4) is 0 Å². The van der Waals surface area contributed by atoms with E-state index in [1.807, 2.05) is 6.92 Å². The van der Waals surface area contributed by atoms with Gasteiger partial charge in [0.2, 0.25) is 10.0 Å². The molecule has 0 spiro atoms. The van der Waals surface area contributed by atoms with Gasteiger partial charge < -0.3 is 5.11 Å². The lowest BCUT2D eigenvalue weighted by Gasteiger charge is -2.17. The zero-order valence-corrected chi connectivity index (χ0v) is 13.0. The molecule has 20 heavy (non-hydrogen) atoms. The fraction of sp³-hybridized carbons (Fsp3) is 0.600. The first-order chi connectivity index (χ1) is 9.48. The molecular formula is C15H23NO3S. The Hall–Kier alpha value is -0.910. The summed E-state index contributed by atoms with van der Waals surface area (Å²) >= 11 is 0. The van der Waals surface area contributed by atoms with E-state index in [4.69, 9.17) is 0 Å². The van der Waals surface area contributed by atoms with Crippen LogP contribution in [0.25, 0.3) is 0 Å². The van der Waals surface area contributed by atoms with E-state index in [0.717, 1.165) is 24.8 Å². The van der Waals surface area contributed by atoms with E-state index < -0.39 is 10.0 Å². The molecule has 4 nitrogen and oxygen atoms in total. The Morgan fingerprint density at radius 3 is 2.80 bits per heavy atom. The van der Waals surface area contributed by atoms with E-state index >= 15 is 0 Å². The highest BCUT2D eigenvalue weighted by atomic mass is 32.2. The number of aliphatic hydroxyl groups excluding tert-OH is 1. The van der Waals surface area contributed by atoms with Gasteiger partial charge in [0.15, 0.2) is 0 Å². The minimum atomic E-state index is -3.42. The number of aryl methyl sites for hydroxylation is 1. The molecule has 112 valence electrons. The first kappa shape index (κ1) is 15.5. The highest BCUT2D eigenvalue weighted by molar-refractivity contribution is 7.89. The number of benzene rings is 1. The maximum atomic E-state index is 12.6. The van der Waals surface area contributed by atoms with Gasteiger partial charge in [0.25, 0.3) is 0 Å². The molecular weight excluding hydrogens is 274 g/mol. The molecule has 1 aliphatic rings. The van der Waals surface area contributed by atoms with Gasteiger partial charge >= 0.3 is 0 Å². The minimum absolute atomic E-state index is 0.131. The Labute approximate surface area is 121 Å². The topological polar surface area (TPSA) is 57.6 Å². The Kier molecular flexibility index (Phi) is 4.83. The molecule has 2 rings (SSSR count). The molecule has 1 heterocycles. The van der Waals surface area contributed by atoms with Crippen LogP contribution in [0.5, 0.6) is 0 Å². The summed E-state index contributed by atoms with van der Waals surface area (Å²) in [5.74, 6) is 0.484. The maximum absolute atomic E-state index is 12.6. The Balaban J connectivity index is 2.23. The van der Waals surface area contributed by atoms with Crippen LogP contribution in [-0.2, 0) is 16.6 Å². The second-order valence-corrected chi connectivity index (χ2v) is 7.49. The van der Waals surface area contributed by atoms with Crippen molar-refractivity contribution in [1.82, 2.24) is 4.31 Å². The van der Waals surface area contributed by atoms with Crippen molar-refractivity contribution < 1.29 is 13.5 Å². The van der Waals surface area contributed by atoms with Crippen molar-refractivity contribution in [2.45, 2.75) is 44.6 Å². The van der Waals surface area contributed by atoms with E-state index in [0.29, 0.717) is 29.5 Å². The van der Waals surface area contributed by atoms with E-state index in [9.17, 15) is 13.5 Å². The van der Waals surface area contributed by atoms with Gasteiger partial charge in [0.05, 0.1) is 11.5 Å². The van der Waals surface area contributed by atoms with E-state index in [1.165, 1.54) is 0 Å². The summed E-state index contributed by atoms with van der Waals surface area (Å²) in [5.41, 5.74) is 1.59. The fourth-order valence-electron chi connectivity index (χ4n) is 2.79. The molecule has 0 saturated carbocycles. The normalized spacial score (nSPS) is 20.4. The molecule has 0 bridgehead atoms. The van der Waals surface area contributed by atoms with E-state index in [-0.39, 0.29) is 6.61 Å². The smallest absolute Gasteiger partial charge is 0.243 e. The molecule has 0 aromatic heterocycles. The zero-order valence-electron chi connectivity index (χ0n) is 12.2. The summed E-state index contributed by atoms with van der Waals surface area (Å²) in [6.07, 6.45) is 3.13. The van der Waals surface area contributed by atoms with Crippen LogP contribution < -0.4 is 0 Å². The minimum Gasteiger partial charge on any atom is -0.392 e. The van der Waals surface area contributed by atoms with Crippen LogP contribution in [0.2, 0.25) is 0 Å². The number of aliphatic hydroxyl groups is 1. The van der Waals surface area contributed by atoms with Gasteiger partial charge in [-0.05, 0) is 48.9 Å². The molecule has 1 aliphatic heterocycles. The van der Waals surface area contributed by atoms with Crippen LogP contribution in [0, 0.1) is 12.8 Å². The number of rotatable bonds is 5. The van der Waals surface area contributed by atoms with Crippen molar-refractivity contribution in [2.75, 3.05) is 13.1 Å². The van der Waals surface area contributed by atoms with Crippen molar-refractivity contribution >= 4 is 10.0 Å². The molecule has 0 aliphatic carbocycles. The summed E-state index contributed by atoms with van der Waals surface area (Å²) < 4.78 is 26.8. The molecule has 0 radical (unpaired) electrons. The Bertz CT molecular complexity index is 568. The first-order valence-electron chi connectivity index (χ1n) is 7.19. The summed E-state index contributed by atoms with van der Waals surface area (Å²) in [5, 5.41) is 9.28. The predicted molar refractivity (Wildman–Crippen MR) is 78.9 cm³/mol. The zero-order chi connectivity index (χ0) is 14.8. The molecule has 1 unspecified atom stereocenters. The summed E-state index contributed by atoms with van der Waals surface area (Å²) in [6, 6.07) is 4.99. The Morgan fingerprint density at radius 1 is 1.40 bits per heavy atom. The van der Waals surface area contributed by atoms with E-state index in [1.54, 1.807) is 22.5 Å². The average Bonchev–Trinajstić information content (AvgIpc) is 2.89. The van der Waals surface area contributed by atoms with Crippen molar-refractivity contribution in [2.24, 2.45) is 5.92 Å². The highest BCUT2D eigenvalue weighted by Gasteiger charge is 2.32. The van der Waals surface area contributed by atoms with Gasteiger partial charge in [0.1, 0.15) is 0 Å². The molecule has 1 N–H and O–H groups in total. The number of nitrogens with zero attached hydrogens (tertiary/aromatic N) is 1. The monoisotopic (exact) mass is 297 g/mol. The van der Waals surface area contributed by atoms with Gasteiger partial charge in [-0.3, -0.25) is 0 Å². The molecule has 5 heteroatoms. The predicted octanol–water partition coefficient (Wildman–Crippen LogP) is 2.30. The summed E-state index contributed by atoms with van der Waals surface area (Å²) in [4.78, 5) is 0.296. The summed E-state index contributed by atoms with van der Waals surface area (Å²) in [7, 11) is -3.42. The van der Waals surface area contributed by atoms with Gasteiger partial charge in [-0.2, -0.15) is 4.31 Å². The van der Waals surface area contributed by atoms with Crippen LogP contribution in [0.15, 0.2) is 23.1 Å². The van der Waals surface area contributed by atoms with Crippen LogP contribution in [0.4, 0.5) is 0 Å². The molecule has 1 aromatic rings. The van der Waals surface area contributed by atoms with Gasteiger partial charge in [-0.15, -0.1) is 0 Å². The van der Waals surface area contributed by atoms with Crippen LogP contribution in [-0.4, -0.2) is 30.9 Å². The Morgan fingerprint density at radius 2 is 2.15 bits per heavy atom. The first-order valence-corrected chi connectivity index (χ1v) is 8.63. The number of hydrogen-bond acceptors (Lipinski definition) is 3. The molecule has 1 atom stereocenters. The fourth-order valence-corrected chi connectivity index (χ4v) is 4.37. The van der Waals surface area contributed by atoms with Crippen LogP contribution >= 0.6 is 0 Å². The van der Waals surface area contributed by atoms with Crippen molar-refractivity contribution in [3.8, 4) is 0 Å². The largest absolute Gasteiger partial charge is 0.392 e. The number of hydrogen-bond donors (Lipinski definition) is 1. The quantitative estimate of drug-likeness (QED) is 0.907. The van der Waals surface area contributed by atoms with Crippen molar-refractivity contribution in [3.63, 3.8) is 0 Å². The molecule has 1 aromatic carbocycles. The lowest BCUT2D eigenvalue weighted by atomic mass is 10.0. The second kappa shape index (κ2) is 6.24. The van der Waals surface area contributed by atoms with Crippen molar-refractivity contribution in [3.05, 3.63) is 29.3 Å². The highest BCUT2D eigenvalue weighted by Crippen LogP contribution is 2.27. The number of sulfonamides is 1. The molecule has 1 fully saturated rings. The van der Waals surface area contributed by atoms with Gasteiger partial charge in [-0.1, -0.05) is 19.4 Å². The lowest BCUT2D eigenvalue weighted by Crippen LogP contribution is -2.29. The maximum Gasteiger partial charge on any atom is 0.243 e. The average molecular weight is 297 g/mol. The van der Waals surface area contributed by atoms with Crippen LogP contribution in [0.1, 0.15) is 37.3 Å². The standard InChI is InChI=1S/C15H23NO3S/c1-3-4-13-7-8-16(10-13)20(18,19)15-6-5-12(2)14(9-15)11-17/h5-6,9,13,17H,3-4,7-8,10-11H2,1-2H3. The van der Waals surface area contributed by atoms with E-state index in [2.05, 4.69) is 6.92 Å². The third kappa shape index (κ3) is 3.05. The molecule has 1 saturated heterocycles. The third-order valence-electron chi connectivity index (χ3n) is 4.07. The summed E-state index contributed by atoms with van der Waals surface area (Å²) in [6.45, 7) is 5.10. The lowest BCUT2D eigenvalue weighted by molar-refractivity contribution is 0.280. The van der Waals surface area contributed by atoms with Gasteiger partial charge in [0, 0.05) is 13.1 Å². The molecule has 0 amide bonds. The third-order valence-corrected chi connectivity index (χ3v) is 5.94. The SMILES string of the molecule is CCCC1CCN(S(=O)(=O)c2ccc(C)c(CO)c2)C1.